The van der Waals surface area contributed by atoms with Gasteiger partial charge in [-0.1, -0.05) is 29.5 Å². The minimum Gasteiger partial charge on any atom is -0.361 e. The molecule has 4 nitrogen and oxygen atoms in total. The predicted octanol–water partition coefficient (Wildman–Crippen LogP) is 3.29. The highest BCUT2D eigenvalue weighted by atomic mass is 32.1. The molecule has 3 rings (SSSR count). The average Bonchev–Trinajstić information content (AvgIpc) is 2.93. The van der Waals surface area contributed by atoms with E-state index >= 15 is 0 Å². The molecule has 86 valence electrons. The SMILES string of the molecule is S=c1[nH]nc(NCc2c[nH]c3ccccc23)s1. The fourth-order valence-electron chi connectivity index (χ4n) is 1.75. The van der Waals surface area contributed by atoms with E-state index < -0.39 is 0 Å². The lowest BCUT2D eigenvalue weighted by molar-refractivity contribution is 1.05. The Balaban J connectivity index is 1.83. The first-order chi connectivity index (χ1) is 8.33. The summed E-state index contributed by atoms with van der Waals surface area (Å²) in [6.07, 6.45) is 2.02. The average molecular weight is 262 g/mol. The van der Waals surface area contributed by atoms with Gasteiger partial charge in [0.05, 0.1) is 0 Å². The number of nitrogens with zero attached hydrogens (tertiary/aromatic N) is 1. The summed E-state index contributed by atoms with van der Waals surface area (Å²) in [6, 6.07) is 8.24. The lowest BCUT2D eigenvalue weighted by Crippen LogP contribution is -1.97. The van der Waals surface area contributed by atoms with Crippen molar-refractivity contribution in [2.24, 2.45) is 0 Å². The van der Waals surface area contributed by atoms with Crippen LogP contribution in [0.15, 0.2) is 30.5 Å². The topological polar surface area (TPSA) is 56.5 Å². The third kappa shape index (κ3) is 2.09. The molecule has 3 aromatic rings. The van der Waals surface area contributed by atoms with Crippen LogP contribution >= 0.6 is 23.6 Å². The maximum Gasteiger partial charge on any atom is 0.204 e. The van der Waals surface area contributed by atoms with Crippen LogP contribution in [0.1, 0.15) is 5.56 Å². The monoisotopic (exact) mass is 262 g/mol. The minimum atomic E-state index is 0.687. The summed E-state index contributed by atoms with van der Waals surface area (Å²) in [5, 5.41) is 12.1. The molecule has 0 atom stereocenters. The molecule has 6 heteroatoms. The van der Waals surface area contributed by atoms with Gasteiger partial charge in [-0.25, -0.2) is 0 Å². The summed E-state index contributed by atoms with van der Waals surface area (Å²) < 4.78 is 0.687. The molecular weight excluding hydrogens is 252 g/mol. The fourth-order valence-corrected chi connectivity index (χ4v) is 2.54. The number of H-pyrrole nitrogens is 2. The molecular formula is C11H10N4S2. The molecule has 0 radical (unpaired) electrons. The largest absolute Gasteiger partial charge is 0.361 e. The third-order valence-corrected chi connectivity index (χ3v) is 3.59. The zero-order valence-electron chi connectivity index (χ0n) is 8.86. The zero-order valence-corrected chi connectivity index (χ0v) is 10.5. The van der Waals surface area contributed by atoms with Gasteiger partial charge in [0.25, 0.3) is 0 Å². The Morgan fingerprint density at radius 2 is 2.24 bits per heavy atom. The smallest absolute Gasteiger partial charge is 0.204 e. The number of rotatable bonds is 3. The standard InChI is InChI=1S/C11H10N4S2/c16-11-15-14-10(17-11)13-6-7-5-12-9-4-2-1-3-8(7)9/h1-5,12H,6H2,(H,13,14)(H,15,16). The maximum absolute atomic E-state index is 4.98. The van der Waals surface area contributed by atoms with Crippen molar-refractivity contribution in [3.8, 4) is 0 Å². The Morgan fingerprint density at radius 3 is 3.06 bits per heavy atom. The van der Waals surface area contributed by atoms with E-state index in [2.05, 4.69) is 32.6 Å². The van der Waals surface area contributed by atoms with Crippen LogP contribution in [0, 0.1) is 3.95 Å². The van der Waals surface area contributed by atoms with Gasteiger partial charge in [-0.15, -0.1) is 5.10 Å². The van der Waals surface area contributed by atoms with Crippen LogP contribution < -0.4 is 5.32 Å². The Hall–Kier alpha value is -1.66. The van der Waals surface area contributed by atoms with Crippen molar-refractivity contribution in [2.45, 2.75) is 6.54 Å². The fraction of sp³-hybridized carbons (Fsp3) is 0.0909. The molecule has 0 aliphatic rings. The number of para-hydroxylation sites is 1. The second-order valence-electron chi connectivity index (χ2n) is 3.63. The highest BCUT2D eigenvalue weighted by Gasteiger charge is 2.03. The van der Waals surface area contributed by atoms with E-state index in [1.807, 2.05) is 18.3 Å². The molecule has 0 aliphatic heterocycles. The highest BCUT2D eigenvalue weighted by Crippen LogP contribution is 2.19. The van der Waals surface area contributed by atoms with Crippen molar-refractivity contribution in [2.75, 3.05) is 5.32 Å². The molecule has 2 heterocycles. The second kappa shape index (κ2) is 4.31. The van der Waals surface area contributed by atoms with Crippen molar-refractivity contribution in [1.29, 1.82) is 0 Å². The van der Waals surface area contributed by atoms with Crippen molar-refractivity contribution in [1.82, 2.24) is 15.2 Å². The normalized spacial score (nSPS) is 10.8. The molecule has 0 bridgehead atoms. The lowest BCUT2D eigenvalue weighted by atomic mass is 10.2. The van der Waals surface area contributed by atoms with Crippen LogP contribution in [0.5, 0.6) is 0 Å². The number of fused-ring (bicyclic) bond motifs is 1. The van der Waals surface area contributed by atoms with Gasteiger partial charge in [-0.3, -0.25) is 5.10 Å². The molecule has 3 N–H and O–H groups in total. The molecule has 0 unspecified atom stereocenters. The molecule has 2 aromatic heterocycles. The van der Waals surface area contributed by atoms with Crippen LogP contribution in [0.3, 0.4) is 0 Å². The Kier molecular flexibility index (Phi) is 2.66. The van der Waals surface area contributed by atoms with Crippen molar-refractivity contribution >= 4 is 39.6 Å². The summed E-state index contributed by atoms with van der Waals surface area (Å²) >= 11 is 6.42. The van der Waals surface area contributed by atoms with E-state index in [0.29, 0.717) is 3.95 Å². The number of nitrogens with one attached hydrogen (secondary N) is 3. The van der Waals surface area contributed by atoms with Gasteiger partial charge in [0.2, 0.25) is 5.13 Å². The van der Waals surface area contributed by atoms with Gasteiger partial charge in [0.15, 0.2) is 3.95 Å². The third-order valence-electron chi connectivity index (χ3n) is 2.54. The van der Waals surface area contributed by atoms with E-state index in [1.54, 1.807) is 0 Å². The summed E-state index contributed by atoms with van der Waals surface area (Å²) in [5.74, 6) is 0. The molecule has 0 saturated heterocycles. The number of benzene rings is 1. The molecule has 0 saturated carbocycles. The summed E-state index contributed by atoms with van der Waals surface area (Å²) in [4.78, 5) is 3.24. The van der Waals surface area contributed by atoms with Gasteiger partial charge in [-0.05, 0) is 23.8 Å². The summed E-state index contributed by atoms with van der Waals surface area (Å²) in [5.41, 5.74) is 2.38. The zero-order chi connectivity index (χ0) is 11.7. The molecule has 0 amide bonds. The van der Waals surface area contributed by atoms with Crippen LogP contribution in [-0.2, 0) is 6.54 Å². The van der Waals surface area contributed by atoms with Crippen LogP contribution in [0.4, 0.5) is 5.13 Å². The highest BCUT2D eigenvalue weighted by molar-refractivity contribution is 7.73. The Bertz CT molecular complexity index is 694. The van der Waals surface area contributed by atoms with E-state index in [1.165, 1.54) is 22.3 Å². The molecule has 1 aromatic carbocycles. The Morgan fingerprint density at radius 1 is 1.35 bits per heavy atom. The summed E-state index contributed by atoms with van der Waals surface area (Å²) in [6.45, 7) is 0.736. The van der Waals surface area contributed by atoms with Crippen LogP contribution in [-0.4, -0.2) is 15.2 Å². The van der Waals surface area contributed by atoms with Crippen molar-refractivity contribution in [3.05, 3.63) is 40.0 Å². The van der Waals surface area contributed by atoms with E-state index in [4.69, 9.17) is 12.2 Å². The molecule has 0 fully saturated rings. The van der Waals surface area contributed by atoms with E-state index in [9.17, 15) is 0 Å². The minimum absolute atomic E-state index is 0.687. The van der Waals surface area contributed by atoms with E-state index in [-0.39, 0.29) is 0 Å². The lowest BCUT2D eigenvalue weighted by Gasteiger charge is -2.00. The quantitative estimate of drug-likeness (QED) is 0.635. The molecule has 0 aliphatic carbocycles. The molecule has 17 heavy (non-hydrogen) atoms. The van der Waals surface area contributed by atoms with Crippen LogP contribution in [0.2, 0.25) is 0 Å². The van der Waals surface area contributed by atoms with Gasteiger partial charge in [0.1, 0.15) is 0 Å². The van der Waals surface area contributed by atoms with Gasteiger partial charge < -0.3 is 10.3 Å². The molecule has 0 spiro atoms. The van der Waals surface area contributed by atoms with Gasteiger partial charge in [-0.2, -0.15) is 0 Å². The number of aromatic nitrogens is 3. The first-order valence-electron chi connectivity index (χ1n) is 5.17. The first kappa shape index (κ1) is 10.5. The van der Waals surface area contributed by atoms with Gasteiger partial charge in [0, 0.05) is 23.6 Å². The van der Waals surface area contributed by atoms with Crippen LogP contribution in [0.25, 0.3) is 10.9 Å². The number of hydrogen-bond acceptors (Lipinski definition) is 4. The summed E-state index contributed by atoms with van der Waals surface area (Å²) in [7, 11) is 0. The maximum atomic E-state index is 4.98. The number of aromatic amines is 2. The number of hydrogen-bond donors (Lipinski definition) is 3. The van der Waals surface area contributed by atoms with Gasteiger partial charge >= 0.3 is 0 Å². The van der Waals surface area contributed by atoms with Crippen molar-refractivity contribution < 1.29 is 0 Å². The Labute approximate surface area is 107 Å². The first-order valence-corrected chi connectivity index (χ1v) is 6.40. The van der Waals surface area contributed by atoms with Crippen molar-refractivity contribution in [3.63, 3.8) is 0 Å². The predicted molar refractivity (Wildman–Crippen MR) is 72.9 cm³/mol. The second-order valence-corrected chi connectivity index (χ2v) is 5.30. The number of anilines is 1. The van der Waals surface area contributed by atoms with E-state index in [0.717, 1.165) is 17.2 Å².